The number of anilines is 1. The molecule has 0 saturated heterocycles. The summed E-state index contributed by atoms with van der Waals surface area (Å²) >= 11 is 0. The van der Waals surface area contributed by atoms with Crippen LogP contribution in [0.3, 0.4) is 0 Å². The second-order valence-electron chi connectivity index (χ2n) is 4.20. The van der Waals surface area contributed by atoms with E-state index in [-0.39, 0.29) is 0 Å². The number of aromatic nitrogens is 1. The van der Waals surface area contributed by atoms with Crippen molar-refractivity contribution in [1.29, 1.82) is 0 Å². The van der Waals surface area contributed by atoms with Crippen LogP contribution in [0.4, 0.5) is 5.82 Å². The molecule has 0 saturated carbocycles. The summed E-state index contributed by atoms with van der Waals surface area (Å²) in [6, 6.07) is 3.59. The highest BCUT2D eigenvalue weighted by Gasteiger charge is 2.15. The summed E-state index contributed by atoms with van der Waals surface area (Å²) in [7, 11) is 0. The molecule has 17 heavy (non-hydrogen) atoms. The van der Waals surface area contributed by atoms with Crippen molar-refractivity contribution in [2.75, 3.05) is 11.4 Å². The average molecular weight is 236 g/mol. The van der Waals surface area contributed by atoms with Crippen molar-refractivity contribution in [2.45, 2.75) is 40.2 Å². The van der Waals surface area contributed by atoms with Crippen LogP contribution >= 0.6 is 0 Å². The largest absolute Gasteiger partial charge is 0.478 e. The van der Waals surface area contributed by atoms with Crippen molar-refractivity contribution < 1.29 is 9.90 Å². The van der Waals surface area contributed by atoms with Gasteiger partial charge in [0.15, 0.2) is 0 Å². The first-order valence-electron chi connectivity index (χ1n) is 5.98. The Kier molecular flexibility index (Phi) is 4.49. The quantitative estimate of drug-likeness (QED) is 0.854. The average Bonchev–Trinajstić information content (AvgIpc) is 2.28. The lowest BCUT2D eigenvalue weighted by Gasteiger charge is -2.28. The van der Waals surface area contributed by atoms with Gasteiger partial charge >= 0.3 is 5.97 Å². The Labute approximate surface area is 102 Å². The number of carbonyl (C=O) groups is 1. The molecule has 0 amide bonds. The summed E-state index contributed by atoms with van der Waals surface area (Å²) in [5, 5.41) is 9.04. The smallest absolute Gasteiger partial charge is 0.335 e. The highest BCUT2D eigenvalue weighted by atomic mass is 16.4. The van der Waals surface area contributed by atoms with Gasteiger partial charge in [0.1, 0.15) is 5.82 Å². The third-order valence-electron chi connectivity index (χ3n) is 2.94. The maximum absolute atomic E-state index is 11.0. The fourth-order valence-corrected chi connectivity index (χ4v) is 1.84. The Morgan fingerprint density at radius 1 is 1.47 bits per heavy atom. The lowest BCUT2D eigenvalue weighted by molar-refractivity contribution is 0.0696. The van der Waals surface area contributed by atoms with Crippen molar-refractivity contribution in [1.82, 2.24) is 4.98 Å². The molecule has 0 aliphatic heterocycles. The van der Waals surface area contributed by atoms with Crippen molar-refractivity contribution >= 4 is 11.8 Å². The molecule has 0 spiro atoms. The number of nitrogens with zero attached hydrogens (tertiary/aromatic N) is 2. The molecule has 0 aromatic carbocycles. The minimum absolute atomic E-state index is 0.300. The number of hydrogen-bond donors (Lipinski definition) is 1. The van der Waals surface area contributed by atoms with E-state index in [2.05, 4.69) is 30.7 Å². The molecule has 0 aliphatic carbocycles. The third kappa shape index (κ3) is 3.19. The number of rotatable bonds is 5. The topological polar surface area (TPSA) is 53.4 Å². The second kappa shape index (κ2) is 5.66. The Bertz CT molecular complexity index is 404. The molecule has 1 rings (SSSR count). The predicted octanol–water partition coefficient (Wildman–Crippen LogP) is 2.71. The van der Waals surface area contributed by atoms with E-state index in [0.29, 0.717) is 11.6 Å². The summed E-state index contributed by atoms with van der Waals surface area (Å²) in [5.74, 6) is -0.156. The highest BCUT2D eigenvalue weighted by molar-refractivity contribution is 5.88. The first kappa shape index (κ1) is 13.5. The van der Waals surface area contributed by atoms with Gasteiger partial charge in [0.05, 0.1) is 5.56 Å². The molecule has 0 bridgehead atoms. The van der Waals surface area contributed by atoms with Gasteiger partial charge in [-0.25, -0.2) is 9.78 Å². The fourth-order valence-electron chi connectivity index (χ4n) is 1.84. The zero-order valence-corrected chi connectivity index (χ0v) is 10.9. The van der Waals surface area contributed by atoms with Gasteiger partial charge in [-0.05, 0) is 39.3 Å². The van der Waals surface area contributed by atoms with E-state index in [9.17, 15) is 4.79 Å². The summed E-state index contributed by atoms with van der Waals surface area (Å²) in [6.07, 6.45) is 1.01. The first-order valence-corrected chi connectivity index (χ1v) is 5.98. The molecule has 94 valence electrons. The molecule has 1 aromatic rings. The zero-order chi connectivity index (χ0) is 13.0. The molecule has 1 heterocycles. The van der Waals surface area contributed by atoms with Crippen LogP contribution in [0.15, 0.2) is 12.1 Å². The highest BCUT2D eigenvalue weighted by Crippen LogP contribution is 2.18. The van der Waals surface area contributed by atoms with Gasteiger partial charge in [0.25, 0.3) is 0 Å². The number of aromatic carboxylic acids is 1. The van der Waals surface area contributed by atoms with Gasteiger partial charge in [-0.15, -0.1) is 0 Å². The lowest BCUT2D eigenvalue weighted by Crippen LogP contribution is -2.33. The van der Waals surface area contributed by atoms with E-state index in [1.54, 1.807) is 12.1 Å². The molecular weight excluding hydrogens is 216 g/mol. The van der Waals surface area contributed by atoms with E-state index >= 15 is 0 Å². The van der Waals surface area contributed by atoms with Gasteiger partial charge < -0.3 is 10.0 Å². The number of hydrogen-bond acceptors (Lipinski definition) is 3. The summed E-state index contributed by atoms with van der Waals surface area (Å²) in [4.78, 5) is 17.6. The fraction of sp³-hybridized carbons (Fsp3) is 0.538. The number of pyridine rings is 1. The van der Waals surface area contributed by atoms with E-state index in [4.69, 9.17) is 5.11 Å². The number of carboxylic acid groups (broad SMARTS) is 1. The van der Waals surface area contributed by atoms with Gasteiger partial charge in [-0.1, -0.05) is 6.92 Å². The van der Waals surface area contributed by atoms with E-state index in [1.165, 1.54) is 0 Å². The maximum atomic E-state index is 11.0. The van der Waals surface area contributed by atoms with Gasteiger partial charge in [0.2, 0.25) is 0 Å². The summed E-state index contributed by atoms with van der Waals surface area (Å²) < 4.78 is 0. The van der Waals surface area contributed by atoms with Gasteiger partial charge in [-0.3, -0.25) is 0 Å². The molecule has 0 aliphatic rings. The molecular formula is C13H20N2O2. The Hall–Kier alpha value is -1.58. The molecule has 4 heteroatoms. The Balaban J connectivity index is 3.15. The minimum Gasteiger partial charge on any atom is -0.478 e. The van der Waals surface area contributed by atoms with Crippen LogP contribution in [-0.4, -0.2) is 28.6 Å². The summed E-state index contributed by atoms with van der Waals surface area (Å²) in [6.45, 7) is 8.93. The summed E-state index contributed by atoms with van der Waals surface area (Å²) in [5.41, 5.74) is 1.04. The molecule has 0 radical (unpaired) electrons. The van der Waals surface area contributed by atoms with Crippen LogP contribution < -0.4 is 4.90 Å². The molecule has 4 nitrogen and oxygen atoms in total. The van der Waals surface area contributed by atoms with Crippen LogP contribution in [0, 0.1) is 6.92 Å². The Morgan fingerprint density at radius 3 is 2.59 bits per heavy atom. The first-order chi connectivity index (χ1) is 7.99. The van der Waals surface area contributed by atoms with Crippen LogP contribution in [0.1, 0.15) is 43.2 Å². The second-order valence-corrected chi connectivity index (χ2v) is 4.20. The minimum atomic E-state index is -0.906. The van der Waals surface area contributed by atoms with Crippen LogP contribution in [0.2, 0.25) is 0 Å². The normalized spacial score (nSPS) is 12.2. The maximum Gasteiger partial charge on any atom is 0.335 e. The zero-order valence-electron chi connectivity index (χ0n) is 10.9. The van der Waals surface area contributed by atoms with Crippen LogP contribution in [0.5, 0.6) is 0 Å². The van der Waals surface area contributed by atoms with Crippen LogP contribution in [-0.2, 0) is 0 Å². The molecule has 1 aromatic heterocycles. The van der Waals surface area contributed by atoms with Gasteiger partial charge in [0, 0.05) is 18.3 Å². The number of carboxylic acids is 1. The van der Waals surface area contributed by atoms with Crippen molar-refractivity contribution in [3.63, 3.8) is 0 Å². The van der Waals surface area contributed by atoms with Gasteiger partial charge in [-0.2, -0.15) is 0 Å². The van der Waals surface area contributed by atoms with Crippen LogP contribution in [0.25, 0.3) is 0 Å². The predicted molar refractivity (Wildman–Crippen MR) is 68.7 cm³/mol. The van der Waals surface area contributed by atoms with Crippen molar-refractivity contribution in [2.24, 2.45) is 0 Å². The van der Waals surface area contributed by atoms with E-state index < -0.39 is 5.97 Å². The van der Waals surface area contributed by atoms with E-state index in [0.717, 1.165) is 24.5 Å². The SMILES string of the molecule is CCC(C)N(CC)c1cc(C(=O)O)cc(C)n1. The Morgan fingerprint density at radius 2 is 2.12 bits per heavy atom. The molecule has 1 atom stereocenters. The molecule has 1 unspecified atom stereocenters. The number of aryl methyl sites for hydroxylation is 1. The van der Waals surface area contributed by atoms with Crippen molar-refractivity contribution in [3.8, 4) is 0 Å². The van der Waals surface area contributed by atoms with E-state index in [1.807, 2.05) is 6.92 Å². The lowest BCUT2D eigenvalue weighted by atomic mass is 10.2. The standard InChI is InChI=1S/C13H20N2O2/c1-5-10(4)15(6-2)12-8-11(13(16)17)7-9(3)14-12/h7-8,10H,5-6H2,1-4H3,(H,16,17). The third-order valence-corrected chi connectivity index (χ3v) is 2.94. The molecule has 1 N–H and O–H groups in total. The van der Waals surface area contributed by atoms with Crippen molar-refractivity contribution in [3.05, 3.63) is 23.4 Å². The molecule has 0 fully saturated rings. The monoisotopic (exact) mass is 236 g/mol.